The molecule has 0 fully saturated rings. The van der Waals surface area contributed by atoms with Crippen LogP contribution in [0.5, 0.6) is 5.75 Å². The molecule has 0 atom stereocenters. The number of anilines is 1. The van der Waals surface area contributed by atoms with E-state index in [0.29, 0.717) is 34.4 Å². The van der Waals surface area contributed by atoms with Gasteiger partial charge in [-0.2, -0.15) is 4.31 Å². The molecular formula is C19H22Cl2N2O4S. The van der Waals surface area contributed by atoms with E-state index >= 15 is 0 Å². The molecule has 0 unspecified atom stereocenters. The number of nitrogens with zero attached hydrogens (tertiary/aromatic N) is 1. The molecule has 0 bridgehead atoms. The van der Waals surface area contributed by atoms with Crippen LogP contribution in [0.3, 0.4) is 0 Å². The Labute approximate surface area is 175 Å². The summed E-state index contributed by atoms with van der Waals surface area (Å²) in [5.41, 5.74) is 0.748. The molecule has 152 valence electrons. The van der Waals surface area contributed by atoms with Gasteiger partial charge in [-0.15, -0.1) is 0 Å². The maximum absolute atomic E-state index is 12.7. The second-order valence-corrected chi connectivity index (χ2v) is 8.63. The van der Waals surface area contributed by atoms with Crippen molar-refractivity contribution < 1.29 is 17.9 Å². The summed E-state index contributed by atoms with van der Waals surface area (Å²) in [6.07, 6.45) is -0.0608. The molecule has 0 aliphatic heterocycles. The Morgan fingerprint density at radius 1 is 1.11 bits per heavy atom. The van der Waals surface area contributed by atoms with Gasteiger partial charge in [0.05, 0.1) is 24.1 Å². The van der Waals surface area contributed by atoms with Crippen molar-refractivity contribution in [1.82, 2.24) is 4.31 Å². The average molecular weight is 445 g/mol. The van der Waals surface area contributed by atoms with Gasteiger partial charge in [-0.05, 0) is 35.9 Å². The van der Waals surface area contributed by atoms with Gasteiger partial charge in [0.15, 0.2) is 0 Å². The number of ether oxygens (including phenoxy) is 1. The van der Waals surface area contributed by atoms with E-state index in [9.17, 15) is 13.2 Å². The van der Waals surface area contributed by atoms with Crippen LogP contribution in [0.2, 0.25) is 10.0 Å². The molecule has 0 aromatic heterocycles. The normalized spacial score (nSPS) is 11.5. The number of carbonyl (C=O) groups is 1. The number of nitrogens with one attached hydrogen (secondary N) is 1. The summed E-state index contributed by atoms with van der Waals surface area (Å²) in [7, 11) is -2.23. The first-order chi connectivity index (χ1) is 13.2. The summed E-state index contributed by atoms with van der Waals surface area (Å²) >= 11 is 12.2. The number of carbonyl (C=O) groups excluding carboxylic acids is 1. The van der Waals surface area contributed by atoms with E-state index < -0.39 is 15.9 Å². The molecular weight excluding hydrogens is 423 g/mol. The minimum absolute atomic E-state index is 0.0608. The molecule has 2 aromatic rings. The third-order valence-electron chi connectivity index (χ3n) is 4.19. The lowest BCUT2D eigenvalue weighted by atomic mass is 10.1. The van der Waals surface area contributed by atoms with E-state index in [1.165, 1.54) is 29.6 Å². The number of amides is 1. The molecule has 1 N–H and O–H groups in total. The molecule has 2 aromatic carbocycles. The van der Waals surface area contributed by atoms with Gasteiger partial charge in [-0.1, -0.05) is 43.1 Å². The summed E-state index contributed by atoms with van der Waals surface area (Å²) in [6.45, 7) is 4.22. The number of benzene rings is 2. The maximum Gasteiger partial charge on any atom is 0.243 e. The zero-order chi connectivity index (χ0) is 20.9. The van der Waals surface area contributed by atoms with Crippen LogP contribution >= 0.6 is 23.2 Å². The summed E-state index contributed by atoms with van der Waals surface area (Å²) < 4.78 is 32.1. The predicted octanol–water partition coefficient (Wildman–Crippen LogP) is 4.21. The van der Waals surface area contributed by atoms with Gasteiger partial charge in [0.25, 0.3) is 0 Å². The highest BCUT2D eigenvalue weighted by molar-refractivity contribution is 7.89. The molecule has 0 spiro atoms. The smallest absolute Gasteiger partial charge is 0.243 e. The number of sulfonamides is 1. The number of hydrogen-bond donors (Lipinski definition) is 1. The molecule has 9 heteroatoms. The SMILES string of the molecule is CCN(CC)S(=O)(=O)c1ccc(OC)c(NC(=O)Cc2c(Cl)cccc2Cl)c1. The van der Waals surface area contributed by atoms with Crippen LogP contribution < -0.4 is 10.1 Å². The third-order valence-corrected chi connectivity index (χ3v) is 6.94. The highest BCUT2D eigenvalue weighted by atomic mass is 35.5. The van der Waals surface area contributed by atoms with Gasteiger partial charge in [0.2, 0.25) is 15.9 Å². The van der Waals surface area contributed by atoms with Crippen LogP contribution in [0.4, 0.5) is 5.69 Å². The molecule has 0 aliphatic rings. The fraction of sp³-hybridized carbons (Fsp3) is 0.316. The highest BCUT2D eigenvalue weighted by Gasteiger charge is 2.23. The largest absolute Gasteiger partial charge is 0.495 e. The van der Waals surface area contributed by atoms with Crippen LogP contribution in [-0.4, -0.2) is 38.8 Å². The van der Waals surface area contributed by atoms with Gasteiger partial charge in [0, 0.05) is 23.1 Å². The third kappa shape index (κ3) is 4.97. The fourth-order valence-electron chi connectivity index (χ4n) is 2.71. The van der Waals surface area contributed by atoms with Gasteiger partial charge in [0.1, 0.15) is 5.75 Å². The van der Waals surface area contributed by atoms with Gasteiger partial charge in [-0.3, -0.25) is 4.79 Å². The average Bonchev–Trinajstić information content (AvgIpc) is 2.65. The monoisotopic (exact) mass is 444 g/mol. The van der Waals surface area contributed by atoms with E-state index in [1.807, 2.05) is 0 Å². The van der Waals surface area contributed by atoms with Crippen molar-refractivity contribution in [1.29, 1.82) is 0 Å². The first kappa shape index (κ1) is 22.5. The summed E-state index contributed by atoms with van der Waals surface area (Å²) in [5.74, 6) is -0.0530. The number of methoxy groups -OCH3 is 1. The van der Waals surface area contributed by atoms with Crippen LogP contribution in [0.15, 0.2) is 41.3 Å². The molecule has 1 amide bonds. The summed E-state index contributed by atoms with van der Waals surface area (Å²) in [6, 6.07) is 9.33. The van der Waals surface area contributed by atoms with Crippen LogP contribution in [0, 0.1) is 0 Å². The second-order valence-electron chi connectivity index (χ2n) is 5.88. The lowest BCUT2D eigenvalue weighted by Gasteiger charge is -2.19. The Hall–Kier alpha value is -1.80. The van der Waals surface area contributed by atoms with Gasteiger partial charge in [-0.25, -0.2) is 8.42 Å². The Bertz CT molecular complexity index is 940. The van der Waals surface area contributed by atoms with Crippen molar-refractivity contribution in [2.75, 3.05) is 25.5 Å². The molecule has 0 radical (unpaired) electrons. The molecule has 28 heavy (non-hydrogen) atoms. The molecule has 2 rings (SSSR count). The topological polar surface area (TPSA) is 75.7 Å². The predicted molar refractivity (Wildman–Crippen MR) is 112 cm³/mol. The minimum atomic E-state index is -3.67. The molecule has 6 nitrogen and oxygen atoms in total. The van der Waals surface area contributed by atoms with Crippen molar-refractivity contribution in [2.45, 2.75) is 25.2 Å². The Kier molecular flexibility index (Phi) is 7.71. The van der Waals surface area contributed by atoms with Gasteiger partial charge >= 0.3 is 0 Å². The zero-order valence-electron chi connectivity index (χ0n) is 15.8. The first-order valence-electron chi connectivity index (χ1n) is 8.65. The lowest BCUT2D eigenvalue weighted by Crippen LogP contribution is -2.30. The van der Waals surface area contributed by atoms with Crippen LogP contribution in [-0.2, 0) is 21.2 Å². The van der Waals surface area contributed by atoms with Crippen LogP contribution in [0.25, 0.3) is 0 Å². The maximum atomic E-state index is 12.7. The standard InChI is InChI=1S/C19H22Cl2N2O4S/c1-4-23(5-2)28(25,26)13-9-10-18(27-3)17(11-13)22-19(24)12-14-15(20)7-6-8-16(14)21/h6-11H,4-5,12H2,1-3H3,(H,22,24). The van der Waals surface area contributed by atoms with Crippen molar-refractivity contribution in [2.24, 2.45) is 0 Å². The first-order valence-corrected chi connectivity index (χ1v) is 10.8. The van der Waals surface area contributed by atoms with Crippen molar-refractivity contribution >= 4 is 44.8 Å². The number of hydrogen-bond acceptors (Lipinski definition) is 4. The Morgan fingerprint density at radius 3 is 2.25 bits per heavy atom. The van der Waals surface area contributed by atoms with Crippen molar-refractivity contribution in [3.05, 3.63) is 52.0 Å². The van der Waals surface area contributed by atoms with Crippen molar-refractivity contribution in [3.8, 4) is 5.75 Å². The minimum Gasteiger partial charge on any atom is -0.495 e. The molecule has 0 saturated carbocycles. The molecule has 0 aliphatic carbocycles. The number of rotatable bonds is 8. The summed E-state index contributed by atoms with van der Waals surface area (Å²) in [5, 5.41) is 3.45. The molecule has 0 saturated heterocycles. The zero-order valence-corrected chi connectivity index (χ0v) is 18.2. The quantitative estimate of drug-likeness (QED) is 0.661. The fourth-order valence-corrected chi connectivity index (χ4v) is 4.73. The lowest BCUT2D eigenvalue weighted by molar-refractivity contribution is -0.115. The van der Waals surface area contributed by atoms with Crippen molar-refractivity contribution in [3.63, 3.8) is 0 Å². The Morgan fingerprint density at radius 2 is 1.71 bits per heavy atom. The van der Waals surface area contributed by atoms with Gasteiger partial charge < -0.3 is 10.1 Å². The second kappa shape index (κ2) is 9.60. The van der Waals surface area contributed by atoms with E-state index in [4.69, 9.17) is 27.9 Å². The van der Waals surface area contributed by atoms with E-state index in [0.717, 1.165) is 0 Å². The Balaban J connectivity index is 2.33. The molecule has 0 heterocycles. The van der Waals surface area contributed by atoms with E-state index in [1.54, 1.807) is 32.0 Å². The van der Waals surface area contributed by atoms with Crippen LogP contribution in [0.1, 0.15) is 19.4 Å². The van der Waals surface area contributed by atoms with E-state index in [2.05, 4.69) is 5.32 Å². The highest BCUT2D eigenvalue weighted by Crippen LogP contribution is 2.30. The number of halogens is 2. The summed E-state index contributed by atoms with van der Waals surface area (Å²) in [4.78, 5) is 12.6. The van der Waals surface area contributed by atoms with E-state index in [-0.39, 0.29) is 17.0 Å².